The summed E-state index contributed by atoms with van der Waals surface area (Å²) in [5, 5.41) is 8.91. The molecule has 1 rings (SSSR count). The zero-order chi connectivity index (χ0) is 12.9. The van der Waals surface area contributed by atoms with Gasteiger partial charge in [-0.15, -0.1) is 11.8 Å². The van der Waals surface area contributed by atoms with Crippen molar-refractivity contribution in [2.24, 2.45) is 5.41 Å². The van der Waals surface area contributed by atoms with Crippen LogP contribution in [0.25, 0.3) is 0 Å². The lowest BCUT2D eigenvalue weighted by Crippen LogP contribution is -2.07. The molecular weight excluding hydrogens is 228 g/mol. The maximum atomic E-state index is 8.91. The predicted octanol–water partition coefficient (Wildman–Crippen LogP) is 4.00. The van der Waals surface area contributed by atoms with Crippen molar-refractivity contribution in [3.8, 4) is 6.07 Å². The number of nitriles is 1. The van der Waals surface area contributed by atoms with Crippen LogP contribution < -0.4 is 5.73 Å². The highest BCUT2D eigenvalue weighted by Crippen LogP contribution is 2.28. The molecule has 2 nitrogen and oxygen atoms in total. The Morgan fingerprint density at radius 3 is 2.71 bits per heavy atom. The third-order valence-corrected chi connectivity index (χ3v) is 3.85. The second-order valence-corrected chi connectivity index (χ2v) is 6.13. The second-order valence-electron chi connectivity index (χ2n) is 4.99. The number of rotatable bonds is 5. The van der Waals surface area contributed by atoms with Gasteiger partial charge in [0.1, 0.15) is 0 Å². The third-order valence-electron chi connectivity index (χ3n) is 2.67. The van der Waals surface area contributed by atoms with E-state index in [-0.39, 0.29) is 5.41 Å². The molecular formula is C14H20N2S. The molecule has 0 heterocycles. The van der Waals surface area contributed by atoms with Crippen LogP contribution in [0.1, 0.15) is 32.3 Å². The van der Waals surface area contributed by atoms with Crippen LogP contribution in [-0.4, -0.2) is 5.75 Å². The van der Waals surface area contributed by atoms with E-state index in [1.165, 1.54) is 5.56 Å². The molecule has 0 bridgehead atoms. The van der Waals surface area contributed by atoms with Crippen molar-refractivity contribution in [3.63, 3.8) is 0 Å². The van der Waals surface area contributed by atoms with Crippen LogP contribution in [0.4, 0.5) is 5.69 Å². The molecule has 0 atom stereocenters. The zero-order valence-electron chi connectivity index (χ0n) is 10.8. The minimum absolute atomic E-state index is 0.209. The summed E-state index contributed by atoms with van der Waals surface area (Å²) in [5.74, 6) is 1.01. The van der Waals surface area contributed by atoms with Crippen molar-refractivity contribution >= 4 is 17.4 Å². The summed E-state index contributed by atoms with van der Waals surface area (Å²) in [4.78, 5) is 1.14. The molecule has 1 aromatic rings. The molecule has 1 aromatic carbocycles. The minimum Gasteiger partial charge on any atom is -0.398 e. The number of hydrogen-bond donors (Lipinski definition) is 1. The fourth-order valence-corrected chi connectivity index (χ4v) is 2.45. The van der Waals surface area contributed by atoms with Gasteiger partial charge in [0.15, 0.2) is 0 Å². The highest BCUT2D eigenvalue weighted by atomic mass is 32.2. The third kappa shape index (κ3) is 4.70. The van der Waals surface area contributed by atoms with Crippen molar-refractivity contribution in [2.75, 3.05) is 11.5 Å². The molecule has 0 fully saturated rings. The Bertz CT molecular complexity index is 419. The number of benzene rings is 1. The molecule has 0 saturated heterocycles. The van der Waals surface area contributed by atoms with E-state index in [0.717, 1.165) is 29.2 Å². The van der Waals surface area contributed by atoms with Gasteiger partial charge in [-0.2, -0.15) is 5.26 Å². The van der Waals surface area contributed by atoms with Crippen molar-refractivity contribution in [1.82, 2.24) is 0 Å². The topological polar surface area (TPSA) is 49.8 Å². The SMILES string of the molecule is Cc1ccc(SCCCC(C)(C)C#N)c(N)c1. The van der Waals surface area contributed by atoms with Gasteiger partial charge in [-0.3, -0.25) is 0 Å². The van der Waals surface area contributed by atoms with Gasteiger partial charge in [0, 0.05) is 10.6 Å². The number of nitrogens with two attached hydrogens (primary N) is 1. The van der Waals surface area contributed by atoms with Crippen molar-refractivity contribution in [1.29, 1.82) is 5.26 Å². The van der Waals surface area contributed by atoms with E-state index in [1.54, 1.807) is 11.8 Å². The van der Waals surface area contributed by atoms with Crippen LogP contribution in [0.3, 0.4) is 0 Å². The average Bonchev–Trinajstić information content (AvgIpc) is 2.27. The summed E-state index contributed by atoms with van der Waals surface area (Å²) in [5.41, 5.74) is 7.78. The molecule has 0 saturated carbocycles. The van der Waals surface area contributed by atoms with Gasteiger partial charge in [-0.05, 0) is 57.1 Å². The molecule has 0 unspecified atom stereocenters. The Morgan fingerprint density at radius 1 is 1.41 bits per heavy atom. The van der Waals surface area contributed by atoms with Crippen LogP contribution in [0.2, 0.25) is 0 Å². The molecule has 0 aliphatic carbocycles. The first-order valence-electron chi connectivity index (χ1n) is 5.85. The van der Waals surface area contributed by atoms with Gasteiger partial charge in [0.2, 0.25) is 0 Å². The monoisotopic (exact) mass is 248 g/mol. The summed E-state index contributed by atoms with van der Waals surface area (Å²) in [6, 6.07) is 8.48. The maximum absolute atomic E-state index is 8.91. The fourth-order valence-electron chi connectivity index (χ4n) is 1.55. The van der Waals surface area contributed by atoms with E-state index in [1.807, 2.05) is 26.8 Å². The quantitative estimate of drug-likeness (QED) is 0.487. The van der Waals surface area contributed by atoms with Crippen molar-refractivity contribution in [3.05, 3.63) is 23.8 Å². The van der Waals surface area contributed by atoms with Crippen LogP contribution in [0.5, 0.6) is 0 Å². The van der Waals surface area contributed by atoms with E-state index >= 15 is 0 Å². The highest BCUT2D eigenvalue weighted by molar-refractivity contribution is 7.99. The maximum Gasteiger partial charge on any atom is 0.0683 e. The zero-order valence-corrected chi connectivity index (χ0v) is 11.6. The Balaban J connectivity index is 2.39. The molecule has 3 heteroatoms. The number of anilines is 1. The van der Waals surface area contributed by atoms with E-state index in [2.05, 4.69) is 18.2 Å². The number of nitrogens with zero attached hydrogens (tertiary/aromatic N) is 1. The van der Waals surface area contributed by atoms with E-state index in [0.29, 0.717) is 0 Å². The fraction of sp³-hybridized carbons (Fsp3) is 0.500. The van der Waals surface area contributed by atoms with Gasteiger partial charge >= 0.3 is 0 Å². The molecule has 0 radical (unpaired) electrons. The van der Waals surface area contributed by atoms with Gasteiger partial charge < -0.3 is 5.73 Å². The first kappa shape index (κ1) is 13.9. The lowest BCUT2D eigenvalue weighted by molar-refractivity contribution is 0.448. The molecule has 2 N–H and O–H groups in total. The van der Waals surface area contributed by atoms with E-state index < -0.39 is 0 Å². The summed E-state index contributed by atoms with van der Waals surface area (Å²) in [6.45, 7) is 6.01. The van der Waals surface area contributed by atoms with Crippen LogP contribution in [0, 0.1) is 23.7 Å². The minimum atomic E-state index is -0.209. The lowest BCUT2D eigenvalue weighted by atomic mass is 9.90. The first-order valence-corrected chi connectivity index (χ1v) is 6.83. The first-order chi connectivity index (χ1) is 7.94. The molecule has 0 spiro atoms. The molecule has 0 aliphatic heterocycles. The molecule has 0 aromatic heterocycles. The molecule has 0 amide bonds. The number of nitrogen functional groups attached to an aromatic ring is 1. The highest BCUT2D eigenvalue weighted by Gasteiger charge is 2.15. The smallest absolute Gasteiger partial charge is 0.0683 e. The van der Waals surface area contributed by atoms with Crippen LogP contribution >= 0.6 is 11.8 Å². The standard InChI is InChI=1S/C14H20N2S/c1-11-5-6-13(12(16)9-11)17-8-4-7-14(2,3)10-15/h5-6,9H,4,7-8,16H2,1-3H3. The molecule has 0 aliphatic rings. The average molecular weight is 248 g/mol. The normalized spacial score (nSPS) is 11.2. The largest absolute Gasteiger partial charge is 0.398 e. The molecule has 92 valence electrons. The van der Waals surface area contributed by atoms with Crippen LogP contribution in [0.15, 0.2) is 23.1 Å². The van der Waals surface area contributed by atoms with Crippen molar-refractivity contribution < 1.29 is 0 Å². The lowest BCUT2D eigenvalue weighted by Gasteiger charge is -2.14. The summed E-state index contributed by atoms with van der Waals surface area (Å²) >= 11 is 1.77. The van der Waals surface area contributed by atoms with E-state index in [4.69, 9.17) is 11.0 Å². The number of hydrogen-bond acceptors (Lipinski definition) is 3. The summed E-state index contributed by atoms with van der Waals surface area (Å²) < 4.78 is 0. The predicted molar refractivity (Wildman–Crippen MR) is 74.9 cm³/mol. The summed E-state index contributed by atoms with van der Waals surface area (Å²) in [6.07, 6.45) is 1.97. The van der Waals surface area contributed by atoms with Gasteiger partial charge in [0.25, 0.3) is 0 Å². The number of aryl methyl sites for hydroxylation is 1. The van der Waals surface area contributed by atoms with E-state index in [9.17, 15) is 0 Å². The molecule has 17 heavy (non-hydrogen) atoms. The van der Waals surface area contributed by atoms with Gasteiger partial charge in [0.05, 0.1) is 11.5 Å². The van der Waals surface area contributed by atoms with Gasteiger partial charge in [-0.1, -0.05) is 6.07 Å². The summed E-state index contributed by atoms with van der Waals surface area (Å²) in [7, 11) is 0. The Kier molecular flexibility index (Phi) is 4.89. The Morgan fingerprint density at radius 2 is 2.12 bits per heavy atom. The second kappa shape index (κ2) is 5.97. The van der Waals surface area contributed by atoms with Crippen molar-refractivity contribution in [2.45, 2.75) is 38.5 Å². The van der Waals surface area contributed by atoms with Crippen LogP contribution in [-0.2, 0) is 0 Å². The van der Waals surface area contributed by atoms with Gasteiger partial charge in [-0.25, -0.2) is 0 Å². The Hall–Kier alpha value is -1.14. The number of thioether (sulfide) groups is 1. The Labute approximate surface area is 108 Å².